The van der Waals surface area contributed by atoms with Gasteiger partial charge in [-0.15, -0.1) is 0 Å². The minimum atomic E-state index is -0.279. The van der Waals surface area contributed by atoms with Gasteiger partial charge in [0.05, 0.1) is 6.54 Å². The number of carbonyl (C=O) groups excluding carboxylic acids is 1. The van der Waals surface area contributed by atoms with Crippen molar-refractivity contribution in [2.45, 2.75) is 20.0 Å². The third-order valence-corrected chi connectivity index (χ3v) is 3.04. The molecule has 0 atom stereocenters. The Kier molecular flexibility index (Phi) is 5.92. The van der Waals surface area contributed by atoms with Gasteiger partial charge < -0.3 is 10.6 Å². The molecule has 19 heavy (non-hydrogen) atoms. The van der Waals surface area contributed by atoms with Crippen LogP contribution in [0.3, 0.4) is 0 Å². The first-order valence-corrected chi connectivity index (χ1v) is 6.37. The largest absolute Gasteiger partial charge is 0.348 e. The van der Waals surface area contributed by atoms with Crippen LogP contribution in [0.2, 0.25) is 0 Å². The molecule has 0 spiro atoms. The number of halogens is 1. The van der Waals surface area contributed by atoms with E-state index < -0.39 is 0 Å². The van der Waals surface area contributed by atoms with Crippen LogP contribution in [0, 0.1) is 5.82 Å². The number of amides is 1. The van der Waals surface area contributed by atoms with Crippen LogP contribution in [0.5, 0.6) is 0 Å². The molecule has 0 saturated heterocycles. The van der Waals surface area contributed by atoms with Gasteiger partial charge in [0, 0.05) is 32.7 Å². The molecule has 0 radical (unpaired) electrons. The molecule has 1 aromatic rings. The lowest BCUT2D eigenvalue weighted by Gasteiger charge is -2.22. The summed E-state index contributed by atoms with van der Waals surface area (Å²) in [4.78, 5) is 15.3. The van der Waals surface area contributed by atoms with Gasteiger partial charge >= 0.3 is 0 Å². The van der Waals surface area contributed by atoms with E-state index in [4.69, 9.17) is 5.73 Å². The van der Waals surface area contributed by atoms with Gasteiger partial charge in [-0.2, -0.15) is 0 Å². The summed E-state index contributed by atoms with van der Waals surface area (Å²) in [5.41, 5.74) is 6.96. The Bertz CT molecular complexity index is 435. The first kappa shape index (κ1) is 15.6. The lowest BCUT2D eigenvalue weighted by Crippen LogP contribution is -2.36. The normalized spacial score (nSPS) is 10.8. The van der Waals surface area contributed by atoms with Crippen molar-refractivity contribution in [2.75, 3.05) is 27.2 Å². The van der Waals surface area contributed by atoms with E-state index in [9.17, 15) is 9.18 Å². The monoisotopic (exact) mass is 267 g/mol. The van der Waals surface area contributed by atoms with E-state index in [1.165, 1.54) is 6.07 Å². The number of carbonyl (C=O) groups is 1. The van der Waals surface area contributed by atoms with E-state index in [2.05, 4.69) is 0 Å². The lowest BCUT2D eigenvalue weighted by atomic mass is 10.1. The van der Waals surface area contributed by atoms with Gasteiger partial charge in [-0.05, 0) is 18.2 Å². The highest BCUT2D eigenvalue weighted by molar-refractivity contribution is 5.77. The van der Waals surface area contributed by atoms with Crippen molar-refractivity contribution in [3.05, 3.63) is 35.1 Å². The maximum absolute atomic E-state index is 13.4. The number of rotatable bonds is 6. The summed E-state index contributed by atoms with van der Waals surface area (Å²) in [7, 11) is 3.47. The Morgan fingerprint density at radius 1 is 1.37 bits per heavy atom. The molecule has 0 bridgehead atoms. The molecule has 106 valence electrons. The molecule has 1 rings (SSSR count). The first-order chi connectivity index (χ1) is 8.97. The molecular weight excluding hydrogens is 245 g/mol. The third kappa shape index (κ3) is 4.61. The minimum absolute atomic E-state index is 0.0583. The predicted octanol–water partition coefficient (Wildman–Crippen LogP) is 1.19. The standard InChI is InChI=1S/C14H22FN3O/c1-4-18(10-14(19)17(2)3)9-11-5-6-13(15)12(7-11)8-16/h5-7H,4,8-10,16H2,1-3H3. The lowest BCUT2D eigenvalue weighted by molar-refractivity contribution is -0.130. The van der Waals surface area contributed by atoms with Crippen LogP contribution in [-0.2, 0) is 17.9 Å². The summed E-state index contributed by atoms with van der Waals surface area (Å²) >= 11 is 0. The van der Waals surface area contributed by atoms with Gasteiger partial charge in [0.25, 0.3) is 0 Å². The highest BCUT2D eigenvalue weighted by Gasteiger charge is 2.12. The summed E-state index contributed by atoms with van der Waals surface area (Å²) in [6.45, 7) is 3.91. The maximum Gasteiger partial charge on any atom is 0.236 e. The Labute approximate surface area is 114 Å². The van der Waals surface area contributed by atoms with Crippen LogP contribution >= 0.6 is 0 Å². The summed E-state index contributed by atoms with van der Waals surface area (Å²) in [6, 6.07) is 4.93. The van der Waals surface area contributed by atoms with Crippen LogP contribution in [-0.4, -0.2) is 42.9 Å². The minimum Gasteiger partial charge on any atom is -0.348 e. The zero-order valence-electron chi connectivity index (χ0n) is 11.8. The van der Waals surface area contributed by atoms with Crippen LogP contribution < -0.4 is 5.73 Å². The third-order valence-electron chi connectivity index (χ3n) is 3.04. The summed E-state index contributed by atoms with van der Waals surface area (Å²) in [6.07, 6.45) is 0. The quantitative estimate of drug-likeness (QED) is 0.842. The number of likely N-dealkylation sites (N-methyl/N-ethyl adjacent to an activating group) is 2. The summed E-state index contributed by atoms with van der Waals surface area (Å²) in [5.74, 6) is -0.221. The van der Waals surface area contributed by atoms with Gasteiger partial charge in [0.15, 0.2) is 0 Å². The van der Waals surface area contributed by atoms with E-state index in [1.54, 1.807) is 31.1 Å². The van der Waals surface area contributed by atoms with Crippen molar-refractivity contribution in [1.29, 1.82) is 0 Å². The molecule has 4 nitrogen and oxygen atoms in total. The fraction of sp³-hybridized carbons (Fsp3) is 0.500. The van der Waals surface area contributed by atoms with E-state index in [1.807, 2.05) is 11.8 Å². The van der Waals surface area contributed by atoms with E-state index in [0.717, 1.165) is 12.1 Å². The first-order valence-electron chi connectivity index (χ1n) is 6.37. The van der Waals surface area contributed by atoms with Gasteiger partial charge in [0.2, 0.25) is 5.91 Å². The van der Waals surface area contributed by atoms with Crippen molar-refractivity contribution in [2.24, 2.45) is 5.73 Å². The van der Waals surface area contributed by atoms with Crippen LogP contribution in [0.15, 0.2) is 18.2 Å². The molecule has 2 N–H and O–H groups in total. The fourth-order valence-electron chi connectivity index (χ4n) is 1.75. The Hall–Kier alpha value is -1.46. The molecule has 0 aliphatic carbocycles. The summed E-state index contributed by atoms with van der Waals surface area (Å²) < 4.78 is 13.4. The average molecular weight is 267 g/mol. The van der Waals surface area contributed by atoms with Crippen molar-refractivity contribution >= 4 is 5.91 Å². The highest BCUT2D eigenvalue weighted by Crippen LogP contribution is 2.12. The smallest absolute Gasteiger partial charge is 0.236 e. The zero-order chi connectivity index (χ0) is 14.4. The highest BCUT2D eigenvalue weighted by atomic mass is 19.1. The second-order valence-electron chi connectivity index (χ2n) is 4.72. The molecular formula is C14H22FN3O. The Morgan fingerprint density at radius 2 is 2.05 bits per heavy atom. The van der Waals surface area contributed by atoms with Crippen LogP contribution in [0.1, 0.15) is 18.1 Å². The molecule has 0 unspecified atom stereocenters. The fourth-order valence-corrected chi connectivity index (χ4v) is 1.75. The second kappa shape index (κ2) is 7.21. The molecule has 1 aromatic carbocycles. The molecule has 1 amide bonds. The van der Waals surface area contributed by atoms with Gasteiger partial charge in [-0.1, -0.05) is 19.1 Å². The number of benzene rings is 1. The summed E-state index contributed by atoms with van der Waals surface area (Å²) in [5, 5.41) is 0. The van der Waals surface area contributed by atoms with E-state index >= 15 is 0 Å². The molecule has 0 aliphatic heterocycles. The van der Waals surface area contributed by atoms with Crippen LogP contribution in [0.4, 0.5) is 4.39 Å². The topological polar surface area (TPSA) is 49.6 Å². The number of nitrogens with zero attached hydrogens (tertiary/aromatic N) is 2. The number of nitrogens with two attached hydrogens (primary N) is 1. The molecule has 0 saturated carbocycles. The maximum atomic E-state index is 13.4. The van der Waals surface area contributed by atoms with Crippen molar-refractivity contribution in [3.8, 4) is 0 Å². The number of hydrogen-bond donors (Lipinski definition) is 1. The number of hydrogen-bond acceptors (Lipinski definition) is 3. The SMILES string of the molecule is CCN(CC(=O)N(C)C)Cc1ccc(F)c(CN)c1. The molecule has 0 fully saturated rings. The van der Waals surface area contributed by atoms with Crippen LogP contribution in [0.25, 0.3) is 0 Å². The zero-order valence-corrected chi connectivity index (χ0v) is 11.8. The molecule has 0 aromatic heterocycles. The van der Waals surface area contributed by atoms with Crippen molar-refractivity contribution in [1.82, 2.24) is 9.80 Å². The molecule has 0 heterocycles. The van der Waals surface area contributed by atoms with E-state index in [-0.39, 0.29) is 18.3 Å². The van der Waals surface area contributed by atoms with Crippen molar-refractivity contribution in [3.63, 3.8) is 0 Å². The average Bonchev–Trinajstić information content (AvgIpc) is 2.39. The Morgan fingerprint density at radius 3 is 2.58 bits per heavy atom. The molecule has 0 aliphatic rings. The van der Waals surface area contributed by atoms with Crippen molar-refractivity contribution < 1.29 is 9.18 Å². The predicted molar refractivity (Wildman–Crippen MR) is 73.9 cm³/mol. The van der Waals surface area contributed by atoms with Gasteiger partial charge in [-0.25, -0.2) is 4.39 Å². The molecule has 5 heteroatoms. The van der Waals surface area contributed by atoms with Gasteiger partial charge in [0.1, 0.15) is 5.82 Å². The van der Waals surface area contributed by atoms with E-state index in [0.29, 0.717) is 18.7 Å². The second-order valence-corrected chi connectivity index (χ2v) is 4.72. The Balaban J connectivity index is 2.73. The van der Waals surface area contributed by atoms with Gasteiger partial charge in [-0.3, -0.25) is 9.69 Å².